The number of hydrogen-bond donors (Lipinski definition) is 1. The van der Waals surface area contributed by atoms with Crippen molar-refractivity contribution in [2.75, 3.05) is 20.7 Å². The molecule has 2 nitrogen and oxygen atoms in total. The predicted octanol–water partition coefficient (Wildman–Crippen LogP) is 3.12. The zero-order chi connectivity index (χ0) is 13.7. The average Bonchev–Trinajstić information content (AvgIpc) is 2.35. The molecule has 0 aliphatic carbocycles. The van der Waals surface area contributed by atoms with E-state index in [1.165, 1.54) is 11.1 Å². The Kier molecular flexibility index (Phi) is 5.83. The smallest absolute Gasteiger partial charge is 0.0480 e. The molecule has 0 radical (unpaired) electrons. The summed E-state index contributed by atoms with van der Waals surface area (Å²) in [5.74, 6) is 0.737. The minimum Gasteiger partial charge on any atom is -0.396 e. The monoisotopic (exact) mass is 249 g/mol. The molecule has 0 aromatic heterocycles. The fourth-order valence-corrected chi connectivity index (χ4v) is 2.55. The molecule has 2 atom stereocenters. The first-order valence-corrected chi connectivity index (χ1v) is 6.87. The molecular formula is C16H27NO. The van der Waals surface area contributed by atoms with Crippen molar-refractivity contribution < 1.29 is 5.11 Å². The van der Waals surface area contributed by atoms with Crippen molar-refractivity contribution in [2.45, 2.75) is 33.2 Å². The van der Waals surface area contributed by atoms with Gasteiger partial charge in [-0.2, -0.15) is 0 Å². The molecule has 102 valence electrons. The van der Waals surface area contributed by atoms with Crippen LogP contribution in [0.4, 0.5) is 0 Å². The molecule has 2 heteroatoms. The van der Waals surface area contributed by atoms with Gasteiger partial charge in [-0.15, -0.1) is 0 Å². The Morgan fingerprint density at radius 2 is 1.67 bits per heavy atom. The summed E-state index contributed by atoms with van der Waals surface area (Å²) in [6, 6.07) is 9.07. The van der Waals surface area contributed by atoms with Crippen LogP contribution in [0.5, 0.6) is 0 Å². The molecule has 0 heterocycles. The van der Waals surface area contributed by atoms with Crippen LogP contribution in [0.2, 0.25) is 0 Å². The maximum Gasteiger partial charge on any atom is 0.0480 e. The molecular weight excluding hydrogens is 222 g/mol. The van der Waals surface area contributed by atoms with Gasteiger partial charge in [0, 0.05) is 18.6 Å². The SMILES string of the molecule is CCc1ccc(C(C(CO)C(C)C)N(C)C)cc1. The molecule has 0 spiro atoms. The minimum atomic E-state index is 0.232. The highest BCUT2D eigenvalue weighted by Gasteiger charge is 2.27. The fourth-order valence-electron chi connectivity index (χ4n) is 2.55. The van der Waals surface area contributed by atoms with Gasteiger partial charge in [-0.3, -0.25) is 0 Å². The first kappa shape index (κ1) is 15.2. The highest BCUT2D eigenvalue weighted by atomic mass is 16.3. The Bertz CT molecular complexity index is 343. The van der Waals surface area contributed by atoms with E-state index in [9.17, 15) is 5.11 Å². The molecule has 1 rings (SSSR count). The molecule has 0 aliphatic rings. The average molecular weight is 249 g/mol. The third-order valence-electron chi connectivity index (χ3n) is 3.76. The van der Waals surface area contributed by atoms with Crippen LogP contribution in [0.15, 0.2) is 24.3 Å². The van der Waals surface area contributed by atoms with Crippen LogP contribution in [0, 0.1) is 11.8 Å². The van der Waals surface area contributed by atoms with E-state index in [1.54, 1.807) is 0 Å². The molecule has 1 aromatic carbocycles. The van der Waals surface area contributed by atoms with Gasteiger partial charge in [-0.25, -0.2) is 0 Å². The van der Waals surface area contributed by atoms with Crippen molar-refractivity contribution in [1.29, 1.82) is 0 Å². The highest BCUT2D eigenvalue weighted by Crippen LogP contribution is 2.31. The second-order valence-electron chi connectivity index (χ2n) is 5.59. The van der Waals surface area contributed by atoms with E-state index in [0.717, 1.165) is 6.42 Å². The normalized spacial score (nSPS) is 15.1. The topological polar surface area (TPSA) is 23.5 Å². The molecule has 0 amide bonds. The quantitative estimate of drug-likeness (QED) is 0.837. The Hall–Kier alpha value is -0.860. The summed E-state index contributed by atoms with van der Waals surface area (Å²) in [7, 11) is 4.17. The third kappa shape index (κ3) is 3.56. The second kappa shape index (κ2) is 6.91. The number of aryl methyl sites for hydroxylation is 1. The lowest BCUT2D eigenvalue weighted by molar-refractivity contribution is 0.100. The first-order chi connectivity index (χ1) is 8.51. The van der Waals surface area contributed by atoms with Crippen LogP contribution in [-0.4, -0.2) is 30.7 Å². The molecule has 0 saturated carbocycles. The summed E-state index contributed by atoms with van der Waals surface area (Å²) in [5, 5.41) is 9.65. The number of aliphatic hydroxyl groups is 1. The van der Waals surface area contributed by atoms with E-state index in [2.05, 4.69) is 64.0 Å². The Labute approximate surface area is 112 Å². The van der Waals surface area contributed by atoms with Gasteiger partial charge in [0.2, 0.25) is 0 Å². The van der Waals surface area contributed by atoms with Crippen LogP contribution in [0.3, 0.4) is 0 Å². The van der Waals surface area contributed by atoms with E-state index < -0.39 is 0 Å². The molecule has 2 unspecified atom stereocenters. The van der Waals surface area contributed by atoms with E-state index >= 15 is 0 Å². The summed E-state index contributed by atoms with van der Waals surface area (Å²) in [4.78, 5) is 2.21. The third-order valence-corrected chi connectivity index (χ3v) is 3.76. The van der Waals surface area contributed by atoms with Crippen LogP contribution in [-0.2, 0) is 6.42 Å². The van der Waals surface area contributed by atoms with E-state index in [1.807, 2.05) is 0 Å². The van der Waals surface area contributed by atoms with Crippen LogP contribution < -0.4 is 0 Å². The number of hydrogen-bond acceptors (Lipinski definition) is 2. The summed E-state index contributed by atoms with van der Waals surface area (Å²) in [6.45, 7) is 6.76. The van der Waals surface area contributed by atoms with Gasteiger partial charge in [-0.1, -0.05) is 45.0 Å². The number of rotatable bonds is 6. The lowest BCUT2D eigenvalue weighted by atomic mass is 9.84. The van der Waals surface area contributed by atoms with Gasteiger partial charge in [0.15, 0.2) is 0 Å². The van der Waals surface area contributed by atoms with Crippen molar-refractivity contribution >= 4 is 0 Å². The van der Waals surface area contributed by atoms with Gasteiger partial charge < -0.3 is 10.0 Å². The molecule has 0 fully saturated rings. The number of aliphatic hydroxyl groups excluding tert-OH is 1. The van der Waals surface area contributed by atoms with Crippen LogP contribution >= 0.6 is 0 Å². The fraction of sp³-hybridized carbons (Fsp3) is 0.625. The summed E-state index contributed by atoms with van der Waals surface area (Å²) >= 11 is 0. The zero-order valence-electron chi connectivity index (χ0n) is 12.4. The van der Waals surface area contributed by atoms with Crippen molar-refractivity contribution in [3.05, 3.63) is 35.4 Å². The summed E-state index contributed by atoms with van der Waals surface area (Å²) in [5.41, 5.74) is 2.66. The zero-order valence-corrected chi connectivity index (χ0v) is 12.4. The lowest BCUT2D eigenvalue weighted by Gasteiger charge is -2.34. The van der Waals surface area contributed by atoms with Gasteiger partial charge in [0.1, 0.15) is 0 Å². The lowest BCUT2D eigenvalue weighted by Crippen LogP contribution is -2.32. The van der Waals surface area contributed by atoms with Crippen molar-refractivity contribution in [3.8, 4) is 0 Å². The Morgan fingerprint density at radius 1 is 1.11 bits per heavy atom. The molecule has 0 bridgehead atoms. The maximum absolute atomic E-state index is 9.65. The van der Waals surface area contributed by atoms with Crippen molar-refractivity contribution in [1.82, 2.24) is 4.90 Å². The number of benzene rings is 1. The number of nitrogens with zero attached hydrogens (tertiary/aromatic N) is 1. The van der Waals surface area contributed by atoms with Gasteiger partial charge in [0.05, 0.1) is 0 Å². The largest absolute Gasteiger partial charge is 0.396 e. The van der Waals surface area contributed by atoms with Crippen LogP contribution in [0.25, 0.3) is 0 Å². The van der Waals surface area contributed by atoms with Gasteiger partial charge in [0.25, 0.3) is 0 Å². The van der Waals surface area contributed by atoms with E-state index in [-0.39, 0.29) is 18.6 Å². The molecule has 1 aromatic rings. The first-order valence-electron chi connectivity index (χ1n) is 6.87. The summed E-state index contributed by atoms with van der Waals surface area (Å²) in [6.07, 6.45) is 1.07. The maximum atomic E-state index is 9.65. The van der Waals surface area contributed by atoms with Gasteiger partial charge >= 0.3 is 0 Å². The Morgan fingerprint density at radius 3 is 2.00 bits per heavy atom. The minimum absolute atomic E-state index is 0.232. The summed E-state index contributed by atoms with van der Waals surface area (Å²) < 4.78 is 0. The molecule has 18 heavy (non-hydrogen) atoms. The molecule has 0 aliphatic heterocycles. The predicted molar refractivity (Wildman–Crippen MR) is 77.7 cm³/mol. The van der Waals surface area contributed by atoms with E-state index in [0.29, 0.717) is 5.92 Å². The van der Waals surface area contributed by atoms with Crippen molar-refractivity contribution in [3.63, 3.8) is 0 Å². The Balaban J connectivity index is 3.03. The standard InChI is InChI=1S/C16H27NO/c1-6-13-7-9-14(10-8-13)16(17(4)5)15(11-18)12(2)3/h7-10,12,15-16,18H,6,11H2,1-5H3. The van der Waals surface area contributed by atoms with Gasteiger partial charge in [-0.05, 0) is 37.6 Å². The molecule has 0 saturated heterocycles. The second-order valence-corrected chi connectivity index (χ2v) is 5.59. The molecule has 1 N–H and O–H groups in total. The van der Waals surface area contributed by atoms with E-state index in [4.69, 9.17) is 0 Å². The van der Waals surface area contributed by atoms with Crippen LogP contribution in [0.1, 0.15) is 37.9 Å². The highest BCUT2D eigenvalue weighted by molar-refractivity contribution is 5.25. The van der Waals surface area contributed by atoms with Crippen molar-refractivity contribution in [2.24, 2.45) is 11.8 Å².